The molecule has 1 aromatic carbocycles. The van der Waals surface area contributed by atoms with Crippen LogP contribution in [0.2, 0.25) is 0 Å². The van der Waals surface area contributed by atoms with Gasteiger partial charge in [0.1, 0.15) is 0 Å². The predicted molar refractivity (Wildman–Crippen MR) is 77.8 cm³/mol. The van der Waals surface area contributed by atoms with Crippen LogP contribution in [0.25, 0.3) is 0 Å². The molecule has 0 saturated carbocycles. The summed E-state index contributed by atoms with van der Waals surface area (Å²) in [6, 6.07) is 9.45. The lowest BCUT2D eigenvalue weighted by Crippen LogP contribution is -2.39. The van der Waals surface area contributed by atoms with Crippen LogP contribution >= 0.6 is 0 Å². The first-order valence-electron chi connectivity index (χ1n) is 6.95. The predicted octanol–water partition coefficient (Wildman–Crippen LogP) is 3.71. The van der Waals surface area contributed by atoms with Gasteiger partial charge < -0.3 is 10.1 Å². The maximum absolute atomic E-state index is 5.55. The summed E-state index contributed by atoms with van der Waals surface area (Å²) >= 11 is 0. The first kappa shape index (κ1) is 15.2. The largest absolute Gasteiger partial charge is 0.380 e. The number of hydrogen-bond donors (Lipinski definition) is 1. The SMILES string of the molecule is CCOCC(NC(C)c1cccc(C)c1)C(C)C. The van der Waals surface area contributed by atoms with Crippen molar-refractivity contribution in [3.63, 3.8) is 0 Å². The molecule has 1 N–H and O–H groups in total. The van der Waals surface area contributed by atoms with Crippen LogP contribution in [-0.4, -0.2) is 19.3 Å². The lowest BCUT2D eigenvalue weighted by molar-refractivity contribution is 0.104. The van der Waals surface area contributed by atoms with E-state index in [4.69, 9.17) is 4.74 Å². The second kappa shape index (κ2) is 7.55. The molecule has 2 nitrogen and oxygen atoms in total. The normalized spacial score (nSPS) is 14.8. The van der Waals surface area contributed by atoms with Gasteiger partial charge in [0.15, 0.2) is 0 Å². The third kappa shape index (κ3) is 4.79. The van der Waals surface area contributed by atoms with E-state index in [1.807, 2.05) is 6.92 Å². The summed E-state index contributed by atoms with van der Waals surface area (Å²) in [6.45, 7) is 12.4. The Bertz CT molecular complexity index is 349. The fourth-order valence-corrected chi connectivity index (χ4v) is 2.03. The summed E-state index contributed by atoms with van der Waals surface area (Å²) in [5, 5.41) is 3.67. The number of benzene rings is 1. The summed E-state index contributed by atoms with van der Waals surface area (Å²) in [5.74, 6) is 0.573. The van der Waals surface area contributed by atoms with Crippen molar-refractivity contribution < 1.29 is 4.74 Å². The van der Waals surface area contributed by atoms with Gasteiger partial charge in [0.25, 0.3) is 0 Å². The van der Waals surface area contributed by atoms with Gasteiger partial charge in [-0.3, -0.25) is 0 Å². The third-order valence-corrected chi connectivity index (χ3v) is 3.31. The van der Waals surface area contributed by atoms with Crippen LogP contribution in [0.4, 0.5) is 0 Å². The minimum Gasteiger partial charge on any atom is -0.380 e. The minimum absolute atomic E-state index is 0.359. The standard InChI is InChI=1S/C16H27NO/c1-6-18-11-16(12(2)3)17-14(5)15-9-7-8-13(4)10-15/h7-10,12,14,16-17H,6,11H2,1-5H3. The highest BCUT2D eigenvalue weighted by Crippen LogP contribution is 2.16. The number of hydrogen-bond acceptors (Lipinski definition) is 2. The summed E-state index contributed by atoms with van der Waals surface area (Å²) in [6.07, 6.45) is 0. The number of aryl methyl sites for hydroxylation is 1. The molecule has 2 atom stereocenters. The van der Waals surface area contributed by atoms with Crippen molar-refractivity contribution >= 4 is 0 Å². The molecule has 1 aromatic rings. The summed E-state index contributed by atoms with van der Waals surface area (Å²) in [4.78, 5) is 0. The first-order valence-corrected chi connectivity index (χ1v) is 6.95. The maximum Gasteiger partial charge on any atom is 0.0622 e. The lowest BCUT2D eigenvalue weighted by atomic mass is 10.0. The Morgan fingerprint density at radius 3 is 2.50 bits per heavy atom. The average molecular weight is 249 g/mol. The molecule has 102 valence electrons. The van der Waals surface area contributed by atoms with Crippen LogP contribution in [0.3, 0.4) is 0 Å². The van der Waals surface area contributed by atoms with E-state index in [2.05, 4.69) is 57.3 Å². The third-order valence-electron chi connectivity index (χ3n) is 3.31. The van der Waals surface area contributed by atoms with Gasteiger partial charge in [-0.15, -0.1) is 0 Å². The summed E-state index contributed by atoms with van der Waals surface area (Å²) in [5.41, 5.74) is 2.66. The van der Waals surface area contributed by atoms with Gasteiger partial charge in [0.05, 0.1) is 6.61 Å². The molecule has 0 aliphatic rings. The van der Waals surface area contributed by atoms with Crippen LogP contribution in [-0.2, 0) is 4.74 Å². The van der Waals surface area contributed by atoms with E-state index >= 15 is 0 Å². The average Bonchev–Trinajstić information content (AvgIpc) is 2.33. The Kier molecular flexibility index (Phi) is 6.37. The molecule has 0 bridgehead atoms. The fraction of sp³-hybridized carbons (Fsp3) is 0.625. The minimum atomic E-state index is 0.359. The molecule has 2 heteroatoms. The molecule has 18 heavy (non-hydrogen) atoms. The van der Waals surface area contributed by atoms with E-state index in [-0.39, 0.29) is 0 Å². The van der Waals surface area contributed by atoms with Crippen LogP contribution < -0.4 is 5.32 Å². The second-order valence-electron chi connectivity index (χ2n) is 5.31. The molecule has 0 spiro atoms. The molecule has 0 aromatic heterocycles. The summed E-state index contributed by atoms with van der Waals surface area (Å²) in [7, 11) is 0. The van der Waals surface area contributed by atoms with Gasteiger partial charge in [0, 0.05) is 18.7 Å². The van der Waals surface area contributed by atoms with Crippen molar-refractivity contribution in [2.24, 2.45) is 5.92 Å². The molecule has 2 unspecified atom stereocenters. The van der Waals surface area contributed by atoms with Crippen molar-refractivity contribution in [3.05, 3.63) is 35.4 Å². The molecular formula is C16H27NO. The van der Waals surface area contributed by atoms with Gasteiger partial charge in [-0.2, -0.15) is 0 Å². The molecule has 0 fully saturated rings. The highest BCUT2D eigenvalue weighted by Gasteiger charge is 2.16. The van der Waals surface area contributed by atoms with E-state index in [0.29, 0.717) is 18.0 Å². The summed E-state index contributed by atoms with van der Waals surface area (Å²) < 4.78 is 5.55. The van der Waals surface area contributed by atoms with Crippen molar-refractivity contribution in [3.8, 4) is 0 Å². The Morgan fingerprint density at radius 2 is 1.94 bits per heavy atom. The fourth-order valence-electron chi connectivity index (χ4n) is 2.03. The van der Waals surface area contributed by atoms with Crippen LogP contribution in [0.15, 0.2) is 24.3 Å². The Morgan fingerprint density at radius 1 is 1.22 bits per heavy atom. The number of ether oxygens (including phenoxy) is 1. The van der Waals surface area contributed by atoms with E-state index in [0.717, 1.165) is 13.2 Å². The smallest absolute Gasteiger partial charge is 0.0622 e. The van der Waals surface area contributed by atoms with Crippen molar-refractivity contribution in [2.45, 2.75) is 46.7 Å². The maximum atomic E-state index is 5.55. The second-order valence-corrected chi connectivity index (χ2v) is 5.31. The topological polar surface area (TPSA) is 21.3 Å². The van der Waals surface area contributed by atoms with Crippen LogP contribution in [0, 0.1) is 12.8 Å². The van der Waals surface area contributed by atoms with Gasteiger partial charge in [-0.05, 0) is 32.3 Å². The van der Waals surface area contributed by atoms with Crippen LogP contribution in [0.1, 0.15) is 44.9 Å². The van der Waals surface area contributed by atoms with Crippen molar-refractivity contribution in [2.75, 3.05) is 13.2 Å². The van der Waals surface area contributed by atoms with Crippen molar-refractivity contribution in [1.29, 1.82) is 0 Å². The van der Waals surface area contributed by atoms with Gasteiger partial charge in [-0.1, -0.05) is 43.7 Å². The highest BCUT2D eigenvalue weighted by atomic mass is 16.5. The van der Waals surface area contributed by atoms with Gasteiger partial charge >= 0.3 is 0 Å². The monoisotopic (exact) mass is 249 g/mol. The molecule has 0 radical (unpaired) electrons. The van der Waals surface area contributed by atoms with E-state index in [9.17, 15) is 0 Å². The van der Waals surface area contributed by atoms with E-state index < -0.39 is 0 Å². The zero-order valence-corrected chi connectivity index (χ0v) is 12.4. The molecule has 0 amide bonds. The zero-order valence-electron chi connectivity index (χ0n) is 12.4. The van der Waals surface area contributed by atoms with Gasteiger partial charge in [-0.25, -0.2) is 0 Å². The van der Waals surface area contributed by atoms with Gasteiger partial charge in [0.2, 0.25) is 0 Å². The van der Waals surface area contributed by atoms with E-state index in [1.165, 1.54) is 11.1 Å². The molecule has 0 heterocycles. The molecule has 0 aliphatic heterocycles. The van der Waals surface area contributed by atoms with Crippen molar-refractivity contribution in [1.82, 2.24) is 5.32 Å². The molecule has 1 rings (SSSR count). The molecule has 0 aliphatic carbocycles. The highest BCUT2D eigenvalue weighted by molar-refractivity contribution is 5.24. The first-order chi connectivity index (χ1) is 8.54. The number of nitrogens with one attached hydrogen (secondary N) is 1. The number of rotatable bonds is 7. The Labute approximate surface area is 112 Å². The zero-order chi connectivity index (χ0) is 13.5. The lowest BCUT2D eigenvalue weighted by Gasteiger charge is -2.26. The van der Waals surface area contributed by atoms with Crippen LogP contribution in [0.5, 0.6) is 0 Å². The van der Waals surface area contributed by atoms with E-state index in [1.54, 1.807) is 0 Å². The molecular weight excluding hydrogens is 222 g/mol. The quantitative estimate of drug-likeness (QED) is 0.795. The Hall–Kier alpha value is -0.860. The molecule has 0 saturated heterocycles. The Balaban J connectivity index is 2.63.